The Kier molecular flexibility index (Phi) is 6.09. The van der Waals surface area contributed by atoms with Crippen molar-refractivity contribution in [3.8, 4) is 0 Å². The maximum absolute atomic E-state index is 12.8. The van der Waals surface area contributed by atoms with Crippen molar-refractivity contribution in [1.82, 2.24) is 20.2 Å². The summed E-state index contributed by atoms with van der Waals surface area (Å²) in [6, 6.07) is 13.4. The third-order valence-corrected chi connectivity index (χ3v) is 6.04. The maximum Gasteiger partial charge on any atom is 0.251 e. The van der Waals surface area contributed by atoms with Crippen LogP contribution in [0.5, 0.6) is 0 Å². The molecule has 0 spiro atoms. The SMILES string of the molecule is O=C(N[C@@H](c1nccs1)[C@H]1CCCN(Cc2cccnc2)C1)c1ccccc1. The fourth-order valence-corrected chi connectivity index (χ4v) is 4.62. The molecule has 0 radical (unpaired) electrons. The Balaban J connectivity index is 1.49. The zero-order chi connectivity index (χ0) is 19.2. The van der Waals surface area contributed by atoms with Gasteiger partial charge in [-0.2, -0.15) is 0 Å². The van der Waals surface area contributed by atoms with E-state index in [0.717, 1.165) is 37.5 Å². The number of carbonyl (C=O) groups is 1. The average Bonchev–Trinajstić information content (AvgIpc) is 3.28. The lowest BCUT2D eigenvalue weighted by atomic mass is 9.90. The first-order chi connectivity index (χ1) is 13.8. The molecule has 6 heteroatoms. The summed E-state index contributed by atoms with van der Waals surface area (Å²) in [5.74, 6) is 0.300. The van der Waals surface area contributed by atoms with E-state index in [1.165, 1.54) is 5.56 Å². The predicted octanol–water partition coefficient (Wildman–Crippen LogP) is 3.92. The van der Waals surface area contributed by atoms with E-state index in [2.05, 4.69) is 26.3 Å². The summed E-state index contributed by atoms with van der Waals surface area (Å²) in [7, 11) is 0. The van der Waals surface area contributed by atoms with Gasteiger partial charge in [-0.3, -0.25) is 14.7 Å². The van der Waals surface area contributed by atoms with Crippen molar-refractivity contribution in [1.29, 1.82) is 0 Å². The molecule has 3 aromatic rings. The minimum atomic E-state index is -0.0654. The van der Waals surface area contributed by atoms with Crippen LogP contribution in [0.1, 0.15) is 39.8 Å². The van der Waals surface area contributed by atoms with E-state index >= 15 is 0 Å². The Hall–Kier alpha value is -2.57. The summed E-state index contributed by atoms with van der Waals surface area (Å²) >= 11 is 1.61. The van der Waals surface area contributed by atoms with Crippen molar-refractivity contribution >= 4 is 17.2 Å². The van der Waals surface area contributed by atoms with Crippen LogP contribution in [0.15, 0.2) is 66.4 Å². The highest BCUT2D eigenvalue weighted by Gasteiger charge is 2.31. The molecule has 0 aliphatic carbocycles. The molecule has 28 heavy (non-hydrogen) atoms. The summed E-state index contributed by atoms with van der Waals surface area (Å²) in [5, 5.41) is 6.22. The summed E-state index contributed by atoms with van der Waals surface area (Å²) in [6.07, 6.45) is 7.76. The quantitative estimate of drug-likeness (QED) is 0.691. The highest BCUT2D eigenvalue weighted by molar-refractivity contribution is 7.09. The van der Waals surface area contributed by atoms with Gasteiger partial charge in [0.1, 0.15) is 5.01 Å². The number of rotatable bonds is 6. The zero-order valence-corrected chi connectivity index (χ0v) is 16.5. The molecule has 144 valence electrons. The second-order valence-corrected chi connectivity index (χ2v) is 8.11. The van der Waals surface area contributed by atoms with Crippen LogP contribution in [-0.4, -0.2) is 33.9 Å². The fourth-order valence-electron chi connectivity index (χ4n) is 3.84. The first kappa shape index (κ1) is 18.8. The molecule has 1 saturated heterocycles. The monoisotopic (exact) mass is 392 g/mol. The van der Waals surface area contributed by atoms with Crippen LogP contribution in [0, 0.1) is 5.92 Å². The van der Waals surface area contributed by atoms with Gasteiger partial charge in [-0.15, -0.1) is 11.3 Å². The molecular formula is C22H24N4OS. The molecule has 5 nitrogen and oxygen atoms in total. The molecule has 4 rings (SSSR count). The van der Waals surface area contributed by atoms with E-state index in [-0.39, 0.29) is 11.9 Å². The number of piperidine rings is 1. The number of hydrogen-bond acceptors (Lipinski definition) is 5. The molecule has 1 fully saturated rings. The zero-order valence-electron chi connectivity index (χ0n) is 15.7. The number of nitrogens with one attached hydrogen (secondary N) is 1. The van der Waals surface area contributed by atoms with Crippen molar-refractivity contribution < 1.29 is 4.79 Å². The number of amides is 1. The van der Waals surface area contributed by atoms with Crippen molar-refractivity contribution in [3.05, 3.63) is 82.6 Å². The number of aromatic nitrogens is 2. The van der Waals surface area contributed by atoms with E-state index in [9.17, 15) is 4.79 Å². The van der Waals surface area contributed by atoms with Gasteiger partial charge in [-0.05, 0) is 49.1 Å². The molecule has 1 N–H and O–H groups in total. The van der Waals surface area contributed by atoms with Gasteiger partial charge in [-0.25, -0.2) is 4.98 Å². The number of pyridine rings is 1. The summed E-state index contributed by atoms with van der Waals surface area (Å²) in [5.41, 5.74) is 1.91. The minimum absolute atomic E-state index is 0.0369. The van der Waals surface area contributed by atoms with E-state index in [1.54, 1.807) is 17.5 Å². The Labute approximate surface area is 169 Å². The van der Waals surface area contributed by atoms with E-state index in [0.29, 0.717) is 11.5 Å². The summed E-state index contributed by atoms with van der Waals surface area (Å²) < 4.78 is 0. The molecule has 1 aliphatic heterocycles. The minimum Gasteiger partial charge on any atom is -0.342 e. The van der Waals surface area contributed by atoms with Crippen LogP contribution in [0.2, 0.25) is 0 Å². The van der Waals surface area contributed by atoms with Crippen LogP contribution < -0.4 is 5.32 Å². The van der Waals surface area contributed by atoms with Crippen molar-refractivity contribution in [2.24, 2.45) is 5.92 Å². The Morgan fingerprint density at radius 3 is 2.86 bits per heavy atom. The van der Waals surface area contributed by atoms with Crippen LogP contribution in [0.3, 0.4) is 0 Å². The lowest BCUT2D eigenvalue weighted by Crippen LogP contribution is -2.42. The van der Waals surface area contributed by atoms with E-state index in [1.807, 2.05) is 54.2 Å². The summed E-state index contributed by atoms with van der Waals surface area (Å²) in [4.78, 5) is 24.0. The standard InChI is InChI=1S/C22H24N4OS/c27-21(18-7-2-1-3-8-18)25-20(22-24-11-13-28-22)19-9-5-12-26(16-19)15-17-6-4-10-23-14-17/h1-4,6-8,10-11,13-14,19-20H,5,9,12,15-16H2,(H,25,27)/t19-,20+/m0/s1. The molecule has 0 saturated carbocycles. The molecule has 1 aromatic carbocycles. The third-order valence-electron chi connectivity index (χ3n) is 5.18. The molecule has 3 heterocycles. The molecule has 1 aliphatic rings. The Bertz CT molecular complexity index is 870. The van der Waals surface area contributed by atoms with Crippen LogP contribution in [-0.2, 0) is 6.54 Å². The van der Waals surface area contributed by atoms with Crippen LogP contribution >= 0.6 is 11.3 Å². The van der Waals surface area contributed by atoms with Crippen LogP contribution in [0.25, 0.3) is 0 Å². The fraction of sp³-hybridized carbons (Fsp3) is 0.318. The molecule has 1 amide bonds. The molecule has 2 aromatic heterocycles. The summed E-state index contributed by atoms with van der Waals surface area (Å²) in [6.45, 7) is 2.90. The number of hydrogen-bond donors (Lipinski definition) is 1. The Morgan fingerprint density at radius 2 is 2.11 bits per heavy atom. The number of likely N-dealkylation sites (tertiary alicyclic amines) is 1. The smallest absolute Gasteiger partial charge is 0.251 e. The maximum atomic E-state index is 12.8. The van der Waals surface area contributed by atoms with Gasteiger partial charge >= 0.3 is 0 Å². The van der Waals surface area contributed by atoms with Gasteiger partial charge in [0.2, 0.25) is 0 Å². The lowest BCUT2D eigenvalue weighted by molar-refractivity contribution is 0.0877. The first-order valence-electron chi connectivity index (χ1n) is 9.66. The van der Waals surface area contributed by atoms with Gasteiger partial charge in [0, 0.05) is 42.6 Å². The molecule has 0 bridgehead atoms. The normalized spacial score (nSPS) is 18.5. The number of benzene rings is 1. The lowest BCUT2D eigenvalue weighted by Gasteiger charge is -2.36. The van der Waals surface area contributed by atoms with Gasteiger partial charge in [0.05, 0.1) is 6.04 Å². The average molecular weight is 393 g/mol. The van der Waals surface area contributed by atoms with E-state index < -0.39 is 0 Å². The van der Waals surface area contributed by atoms with Gasteiger partial charge in [0.25, 0.3) is 5.91 Å². The molecule has 2 atom stereocenters. The van der Waals surface area contributed by atoms with Gasteiger partial charge < -0.3 is 5.32 Å². The Morgan fingerprint density at radius 1 is 1.21 bits per heavy atom. The highest BCUT2D eigenvalue weighted by atomic mass is 32.1. The molecule has 0 unspecified atom stereocenters. The van der Waals surface area contributed by atoms with Gasteiger partial charge in [0.15, 0.2) is 0 Å². The second kappa shape index (κ2) is 9.08. The predicted molar refractivity (Wildman–Crippen MR) is 111 cm³/mol. The first-order valence-corrected chi connectivity index (χ1v) is 10.5. The van der Waals surface area contributed by atoms with Gasteiger partial charge in [-0.1, -0.05) is 24.3 Å². The number of thiazole rings is 1. The molecular weight excluding hydrogens is 368 g/mol. The largest absolute Gasteiger partial charge is 0.342 e. The third kappa shape index (κ3) is 4.64. The van der Waals surface area contributed by atoms with Crippen LogP contribution in [0.4, 0.5) is 0 Å². The van der Waals surface area contributed by atoms with Crippen molar-refractivity contribution in [2.75, 3.05) is 13.1 Å². The van der Waals surface area contributed by atoms with Crippen molar-refractivity contribution in [3.63, 3.8) is 0 Å². The highest BCUT2D eigenvalue weighted by Crippen LogP contribution is 2.31. The topological polar surface area (TPSA) is 58.1 Å². The van der Waals surface area contributed by atoms with E-state index in [4.69, 9.17) is 0 Å². The number of nitrogens with zero attached hydrogens (tertiary/aromatic N) is 3. The second-order valence-electron chi connectivity index (χ2n) is 7.19. The number of carbonyl (C=O) groups excluding carboxylic acids is 1. The van der Waals surface area contributed by atoms with Crippen molar-refractivity contribution in [2.45, 2.75) is 25.4 Å².